The number of hydrogen-bond donors (Lipinski definition) is 0. The lowest BCUT2D eigenvalue weighted by molar-refractivity contribution is 0.299. The SMILES string of the molecule is CCC(CC)CC(CCl)C1CCS(=O)(=O)C1. The van der Waals surface area contributed by atoms with Gasteiger partial charge in [0.05, 0.1) is 11.5 Å². The summed E-state index contributed by atoms with van der Waals surface area (Å²) in [5.41, 5.74) is 0. The van der Waals surface area contributed by atoms with Crippen molar-refractivity contribution in [3.63, 3.8) is 0 Å². The highest BCUT2D eigenvalue weighted by atomic mass is 35.5. The third-order valence-electron chi connectivity index (χ3n) is 3.92. The molecule has 4 heteroatoms. The van der Waals surface area contributed by atoms with Crippen LogP contribution in [0.2, 0.25) is 0 Å². The fourth-order valence-corrected chi connectivity index (χ4v) is 4.92. The molecule has 2 nitrogen and oxygen atoms in total. The lowest BCUT2D eigenvalue weighted by Crippen LogP contribution is -2.21. The molecule has 0 aromatic carbocycles. The van der Waals surface area contributed by atoms with E-state index in [2.05, 4.69) is 13.8 Å². The van der Waals surface area contributed by atoms with Crippen molar-refractivity contribution >= 4 is 21.4 Å². The molecule has 0 aromatic heterocycles. The number of halogens is 1. The van der Waals surface area contributed by atoms with Gasteiger partial charge in [-0.1, -0.05) is 26.7 Å². The van der Waals surface area contributed by atoms with Gasteiger partial charge < -0.3 is 0 Å². The molecule has 2 unspecified atom stereocenters. The van der Waals surface area contributed by atoms with E-state index in [-0.39, 0.29) is 0 Å². The van der Waals surface area contributed by atoms with Gasteiger partial charge in [-0.3, -0.25) is 0 Å². The monoisotopic (exact) mass is 266 g/mol. The maximum absolute atomic E-state index is 11.4. The Bertz CT molecular complexity index is 296. The minimum Gasteiger partial charge on any atom is -0.229 e. The van der Waals surface area contributed by atoms with Gasteiger partial charge in [-0.2, -0.15) is 0 Å². The van der Waals surface area contributed by atoms with E-state index in [0.717, 1.165) is 12.8 Å². The first-order valence-electron chi connectivity index (χ1n) is 6.28. The van der Waals surface area contributed by atoms with E-state index in [1.165, 1.54) is 12.8 Å². The molecule has 0 aromatic rings. The Labute approximate surface area is 105 Å². The van der Waals surface area contributed by atoms with Gasteiger partial charge in [0.2, 0.25) is 0 Å². The Morgan fingerprint density at radius 1 is 1.31 bits per heavy atom. The van der Waals surface area contributed by atoms with Crippen LogP contribution in [-0.2, 0) is 9.84 Å². The molecular formula is C12H23ClO2S. The highest BCUT2D eigenvalue weighted by Gasteiger charge is 2.33. The minimum absolute atomic E-state index is 0.308. The third-order valence-corrected chi connectivity index (χ3v) is 6.11. The minimum atomic E-state index is -2.76. The average molecular weight is 267 g/mol. The zero-order valence-electron chi connectivity index (χ0n) is 10.3. The van der Waals surface area contributed by atoms with Crippen LogP contribution in [-0.4, -0.2) is 25.8 Å². The molecule has 0 N–H and O–H groups in total. The fourth-order valence-electron chi connectivity index (χ4n) is 2.63. The molecule has 1 heterocycles. The fraction of sp³-hybridized carbons (Fsp3) is 1.00. The first-order valence-corrected chi connectivity index (χ1v) is 8.64. The van der Waals surface area contributed by atoms with Crippen LogP contribution in [0, 0.1) is 17.8 Å². The molecule has 1 aliphatic rings. The van der Waals surface area contributed by atoms with Gasteiger partial charge in [-0.15, -0.1) is 11.6 Å². The molecule has 1 saturated heterocycles. The molecule has 0 radical (unpaired) electrons. The van der Waals surface area contributed by atoms with E-state index in [9.17, 15) is 8.42 Å². The molecular weight excluding hydrogens is 244 g/mol. The van der Waals surface area contributed by atoms with E-state index >= 15 is 0 Å². The normalized spacial score (nSPS) is 26.1. The van der Waals surface area contributed by atoms with E-state index in [0.29, 0.717) is 35.1 Å². The summed E-state index contributed by atoms with van der Waals surface area (Å²) in [5, 5.41) is 0. The zero-order chi connectivity index (χ0) is 12.2. The van der Waals surface area contributed by atoms with Crippen LogP contribution >= 0.6 is 11.6 Å². The molecule has 1 fully saturated rings. The van der Waals surface area contributed by atoms with Crippen LogP contribution in [0.5, 0.6) is 0 Å². The summed E-state index contributed by atoms with van der Waals surface area (Å²) in [6, 6.07) is 0. The van der Waals surface area contributed by atoms with Crippen molar-refractivity contribution in [1.82, 2.24) is 0 Å². The summed E-state index contributed by atoms with van der Waals surface area (Å²) >= 11 is 6.00. The van der Waals surface area contributed by atoms with Crippen molar-refractivity contribution in [2.24, 2.45) is 17.8 Å². The maximum Gasteiger partial charge on any atom is 0.150 e. The second-order valence-electron chi connectivity index (χ2n) is 5.00. The molecule has 0 spiro atoms. The molecule has 0 aliphatic carbocycles. The first kappa shape index (κ1) is 14.3. The molecule has 0 bridgehead atoms. The molecule has 1 rings (SSSR count). The number of sulfone groups is 1. The summed E-state index contributed by atoms with van der Waals surface area (Å²) in [4.78, 5) is 0. The van der Waals surface area contributed by atoms with Gasteiger partial charge in [0, 0.05) is 5.88 Å². The van der Waals surface area contributed by atoms with Gasteiger partial charge in [-0.25, -0.2) is 8.42 Å². The van der Waals surface area contributed by atoms with E-state index in [1.807, 2.05) is 0 Å². The van der Waals surface area contributed by atoms with Crippen molar-refractivity contribution in [1.29, 1.82) is 0 Å². The molecule has 1 aliphatic heterocycles. The predicted molar refractivity (Wildman–Crippen MR) is 69.7 cm³/mol. The summed E-state index contributed by atoms with van der Waals surface area (Å²) in [6.07, 6.45) is 4.25. The van der Waals surface area contributed by atoms with Gasteiger partial charge in [-0.05, 0) is 30.6 Å². The third kappa shape index (κ3) is 3.92. The standard InChI is InChI=1S/C12H23ClO2S/c1-3-10(4-2)7-12(8-13)11-5-6-16(14,15)9-11/h10-12H,3-9H2,1-2H3. The Morgan fingerprint density at radius 3 is 2.31 bits per heavy atom. The smallest absolute Gasteiger partial charge is 0.150 e. The number of alkyl halides is 1. The van der Waals surface area contributed by atoms with Crippen LogP contribution in [0.3, 0.4) is 0 Å². The summed E-state index contributed by atoms with van der Waals surface area (Å²) in [6.45, 7) is 4.40. The van der Waals surface area contributed by atoms with Gasteiger partial charge in [0.15, 0.2) is 9.84 Å². The van der Waals surface area contributed by atoms with Crippen LogP contribution in [0.4, 0.5) is 0 Å². The van der Waals surface area contributed by atoms with Gasteiger partial charge >= 0.3 is 0 Å². The van der Waals surface area contributed by atoms with Gasteiger partial charge in [0.1, 0.15) is 0 Å². The molecule has 2 atom stereocenters. The Kier molecular flexibility index (Phi) is 5.58. The van der Waals surface area contributed by atoms with Crippen molar-refractivity contribution in [3.8, 4) is 0 Å². The van der Waals surface area contributed by atoms with Crippen LogP contribution in [0.1, 0.15) is 39.5 Å². The van der Waals surface area contributed by atoms with E-state index < -0.39 is 9.84 Å². The second kappa shape index (κ2) is 6.25. The largest absolute Gasteiger partial charge is 0.229 e. The van der Waals surface area contributed by atoms with Crippen molar-refractivity contribution in [2.75, 3.05) is 17.4 Å². The van der Waals surface area contributed by atoms with Crippen molar-refractivity contribution in [2.45, 2.75) is 39.5 Å². The lowest BCUT2D eigenvalue weighted by atomic mass is 9.83. The quantitative estimate of drug-likeness (QED) is 0.693. The highest BCUT2D eigenvalue weighted by molar-refractivity contribution is 7.91. The van der Waals surface area contributed by atoms with Crippen LogP contribution in [0.15, 0.2) is 0 Å². The molecule has 0 saturated carbocycles. The number of rotatable bonds is 6. The topological polar surface area (TPSA) is 34.1 Å². The van der Waals surface area contributed by atoms with Crippen LogP contribution < -0.4 is 0 Å². The van der Waals surface area contributed by atoms with Gasteiger partial charge in [0.25, 0.3) is 0 Å². The maximum atomic E-state index is 11.4. The molecule has 96 valence electrons. The zero-order valence-corrected chi connectivity index (χ0v) is 11.9. The number of hydrogen-bond acceptors (Lipinski definition) is 2. The van der Waals surface area contributed by atoms with E-state index in [1.54, 1.807) is 0 Å². The summed E-state index contributed by atoms with van der Waals surface area (Å²) < 4.78 is 22.9. The Hall–Kier alpha value is 0.240. The first-order chi connectivity index (χ1) is 7.52. The Morgan fingerprint density at radius 2 is 1.94 bits per heavy atom. The molecule has 16 heavy (non-hydrogen) atoms. The summed E-state index contributed by atoms with van der Waals surface area (Å²) in [7, 11) is -2.76. The van der Waals surface area contributed by atoms with Crippen molar-refractivity contribution in [3.05, 3.63) is 0 Å². The highest BCUT2D eigenvalue weighted by Crippen LogP contribution is 2.32. The summed E-state index contributed by atoms with van der Waals surface area (Å²) in [5.74, 6) is 2.74. The van der Waals surface area contributed by atoms with E-state index in [4.69, 9.17) is 11.6 Å². The molecule has 0 amide bonds. The lowest BCUT2D eigenvalue weighted by Gasteiger charge is -2.24. The predicted octanol–water partition coefficient (Wildman–Crippen LogP) is 3.10. The Balaban J connectivity index is 2.55. The second-order valence-corrected chi connectivity index (χ2v) is 7.53. The van der Waals surface area contributed by atoms with Crippen LogP contribution in [0.25, 0.3) is 0 Å². The van der Waals surface area contributed by atoms with Crippen molar-refractivity contribution < 1.29 is 8.42 Å². The average Bonchev–Trinajstić information content (AvgIpc) is 2.61.